The van der Waals surface area contributed by atoms with E-state index in [2.05, 4.69) is 0 Å². The van der Waals surface area contributed by atoms with E-state index in [-0.39, 0.29) is 36.7 Å². The average molecular weight is 469 g/mol. The van der Waals surface area contributed by atoms with Gasteiger partial charge in [0.15, 0.2) is 0 Å². The number of rotatable bonds is 6. The van der Waals surface area contributed by atoms with Crippen LogP contribution in [0.3, 0.4) is 0 Å². The van der Waals surface area contributed by atoms with Crippen molar-refractivity contribution in [1.29, 1.82) is 0 Å². The summed E-state index contributed by atoms with van der Waals surface area (Å²) >= 11 is 0. The quantitative estimate of drug-likeness (QED) is 0.516. The number of hydrogen-bond donors (Lipinski definition) is 0. The minimum atomic E-state index is -1.20. The molecular weight excluding hydrogens is 440 g/mol. The number of amides is 3. The molecule has 35 heavy (non-hydrogen) atoms. The molecule has 2 aliphatic rings. The van der Waals surface area contributed by atoms with Crippen LogP contribution >= 0.6 is 0 Å². The van der Waals surface area contributed by atoms with Crippen molar-refractivity contribution in [2.75, 3.05) is 20.6 Å². The highest BCUT2D eigenvalue weighted by molar-refractivity contribution is 6.10. The second-order valence-electron chi connectivity index (χ2n) is 9.46. The molecule has 2 aliphatic heterocycles. The second-order valence-corrected chi connectivity index (χ2v) is 9.46. The molecule has 6 heteroatoms. The van der Waals surface area contributed by atoms with Crippen molar-refractivity contribution in [3.63, 3.8) is 0 Å². The lowest BCUT2D eigenvalue weighted by Gasteiger charge is -2.29. The van der Waals surface area contributed by atoms with Crippen molar-refractivity contribution in [3.05, 3.63) is 90.0 Å². The van der Waals surface area contributed by atoms with Crippen LogP contribution < -0.4 is 4.74 Å². The van der Waals surface area contributed by atoms with E-state index in [1.165, 1.54) is 7.05 Å². The minimum Gasteiger partial charge on any atom is -0.488 e. The van der Waals surface area contributed by atoms with Crippen LogP contribution in [0.15, 0.2) is 78.9 Å². The first-order valence-corrected chi connectivity index (χ1v) is 11.8. The predicted molar refractivity (Wildman–Crippen MR) is 133 cm³/mol. The number of para-hydroxylation sites is 1. The number of likely N-dealkylation sites (tertiary alicyclic amines) is 1. The predicted octanol–water partition coefficient (Wildman–Crippen LogP) is 3.83. The Morgan fingerprint density at radius 2 is 1.63 bits per heavy atom. The van der Waals surface area contributed by atoms with Gasteiger partial charge in [-0.25, -0.2) is 0 Å². The number of imide groups is 1. The molecule has 3 aromatic rings. The maximum Gasteiger partial charge on any atom is 0.240 e. The number of benzene rings is 3. The fourth-order valence-electron chi connectivity index (χ4n) is 5.12. The van der Waals surface area contributed by atoms with Gasteiger partial charge < -0.3 is 9.64 Å². The van der Waals surface area contributed by atoms with Gasteiger partial charge in [-0.15, -0.1) is 0 Å². The number of carbonyl (C=O) groups is 3. The van der Waals surface area contributed by atoms with Crippen LogP contribution in [0.2, 0.25) is 0 Å². The maximum absolute atomic E-state index is 13.4. The van der Waals surface area contributed by atoms with Crippen LogP contribution in [0, 0.1) is 0 Å². The smallest absolute Gasteiger partial charge is 0.240 e. The van der Waals surface area contributed by atoms with Gasteiger partial charge in [0.1, 0.15) is 11.9 Å². The number of hydrogen-bond acceptors (Lipinski definition) is 4. The molecule has 0 spiro atoms. The molecule has 0 unspecified atom stereocenters. The van der Waals surface area contributed by atoms with Gasteiger partial charge in [0.25, 0.3) is 0 Å². The summed E-state index contributed by atoms with van der Waals surface area (Å²) in [6, 6.07) is 25.5. The summed E-state index contributed by atoms with van der Waals surface area (Å²) in [4.78, 5) is 42.1. The molecule has 0 N–H and O–H groups in total. The van der Waals surface area contributed by atoms with E-state index >= 15 is 0 Å². The van der Waals surface area contributed by atoms with Crippen LogP contribution in [-0.2, 0) is 26.2 Å². The van der Waals surface area contributed by atoms with E-state index in [0.717, 1.165) is 33.8 Å². The molecule has 0 aliphatic carbocycles. The Bertz CT molecular complexity index is 1250. The van der Waals surface area contributed by atoms with Gasteiger partial charge in [0.2, 0.25) is 17.7 Å². The zero-order valence-electron chi connectivity index (χ0n) is 19.9. The molecule has 1 fully saturated rings. The van der Waals surface area contributed by atoms with Gasteiger partial charge >= 0.3 is 0 Å². The molecule has 0 aromatic heterocycles. The highest BCUT2D eigenvalue weighted by Gasteiger charge is 2.52. The van der Waals surface area contributed by atoms with E-state index < -0.39 is 5.41 Å². The zero-order chi connectivity index (χ0) is 24.6. The van der Waals surface area contributed by atoms with E-state index in [9.17, 15) is 14.4 Å². The van der Waals surface area contributed by atoms with E-state index in [1.54, 1.807) is 11.9 Å². The zero-order valence-corrected chi connectivity index (χ0v) is 19.9. The summed E-state index contributed by atoms with van der Waals surface area (Å²) in [6.45, 7) is 0.411. The van der Waals surface area contributed by atoms with Crippen molar-refractivity contribution in [3.8, 4) is 16.9 Å². The van der Waals surface area contributed by atoms with Crippen LogP contribution in [0.4, 0.5) is 0 Å². The monoisotopic (exact) mass is 468 g/mol. The van der Waals surface area contributed by atoms with E-state index in [0.29, 0.717) is 12.1 Å². The summed E-state index contributed by atoms with van der Waals surface area (Å²) in [5.74, 6) is 0.0630. The Labute approximate surface area is 205 Å². The standard InChI is InChI=1S/C29H28N2O4/c1-30(19-24-16-22-10-6-7-11-25(22)35-24)26(32)17-29(18-27(33)31(2)28(29)34)23-14-12-21(13-15-23)20-8-4-3-5-9-20/h3-15,24H,16-19H2,1-2H3/t24-,29-/m1/s1. The Hall–Kier alpha value is -3.93. The summed E-state index contributed by atoms with van der Waals surface area (Å²) < 4.78 is 5.99. The summed E-state index contributed by atoms with van der Waals surface area (Å²) in [5, 5.41) is 0. The SMILES string of the molecule is CN(C[C@H]1Cc2ccccc2O1)C(=O)C[C@]1(c2ccc(-c3ccccc3)cc2)CC(=O)N(C)C1=O. The molecule has 6 nitrogen and oxygen atoms in total. The van der Waals surface area contributed by atoms with Crippen molar-refractivity contribution < 1.29 is 19.1 Å². The molecule has 5 rings (SSSR count). The Morgan fingerprint density at radius 1 is 0.971 bits per heavy atom. The van der Waals surface area contributed by atoms with Crippen molar-refractivity contribution >= 4 is 17.7 Å². The molecule has 3 amide bonds. The summed E-state index contributed by atoms with van der Waals surface area (Å²) in [7, 11) is 3.22. The number of fused-ring (bicyclic) bond motifs is 1. The number of likely N-dealkylation sites (N-methyl/N-ethyl adjacent to an activating group) is 2. The number of carbonyl (C=O) groups excluding carboxylic acids is 3. The molecule has 2 atom stereocenters. The lowest BCUT2D eigenvalue weighted by atomic mass is 9.75. The first-order chi connectivity index (χ1) is 16.9. The lowest BCUT2D eigenvalue weighted by Crippen LogP contribution is -2.43. The third-order valence-corrected chi connectivity index (χ3v) is 7.16. The van der Waals surface area contributed by atoms with Crippen LogP contribution in [0.25, 0.3) is 11.1 Å². The maximum atomic E-state index is 13.4. The molecule has 0 radical (unpaired) electrons. The van der Waals surface area contributed by atoms with Gasteiger partial charge in [0.05, 0.1) is 12.0 Å². The largest absolute Gasteiger partial charge is 0.488 e. The first kappa shape index (κ1) is 22.8. The third kappa shape index (κ3) is 4.20. The number of ether oxygens (including phenoxy) is 1. The molecule has 1 saturated heterocycles. The number of nitrogens with zero attached hydrogens (tertiary/aromatic N) is 2. The molecule has 0 saturated carbocycles. The first-order valence-electron chi connectivity index (χ1n) is 11.8. The Morgan fingerprint density at radius 3 is 2.29 bits per heavy atom. The van der Waals surface area contributed by atoms with E-state index in [1.807, 2.05) is 78.9 Å². The summed E-state index contributed by atoms with van der Waals surface area (Å²) in [5.41, 5.74) is 2.69. The van der Waals surface area contributed by atoms with Crippen molar-refractivity contribution in [2.24, 2.45) is 0 Å². The summed E-state index contributed by atoms with van der Waals surface area (Å²) in [6.07, 6.45) is 0.520. The minimum absolute atomic E-state index is 0.0159. The highest BCUT2D eigenvalue weighted by atomic mass is 16.5. The second kappa shape index (κ2) is 9.02. The molecule has 3 aromatic carbocycles. The van der Waals surface area contributed by atoms with Crippen LogP contribution in [-0.4, -0.2) is 54.3 Å². The molecular formula is C29H28N2O4. The van der Waals surface area contributed by atoms with Crippen molar-refractivity contribution in [2.45, 2.75) is 30.8 Å². The fraction of sp³-hybridized carbons (Fsp3) is 0.276. The Kier molecular flexibility index (Phi) is 5.89. The van der Waals surface area contributed by atoms with Crippen LogP contribution in [0.5, 0.6) is 5.75 Å². The average Bonchev–Trinajstić information content (AvgIpc) is 3.38. The van der Waals surface area contributed by atoms with Gasteiger partial charge in [-0.05, 0) is 28.3 Å². The molecule has 0 bridgehead atoms. The van der Waals surface area contributed by atoms with Gasteiger partial charge in [0, 0.05) is 33.4 Å². The normalized spacial score (nSPS) is 21.1. The molecule has 178 valence electrons. The third-order valence-electron chi connectivity index (χ3n) is 7.16. The highest BCUT2D eigenvalue weighted by Crippen LogP contribution is 2.40. The topological polar surface area (TPSA) is 66.9 Å². The van der Waals surface area contributed by atoms with Gasteiger partial charge in [-0.1, -0.05) is 72.8 Å². The van der Waals surface area contributed by atoms with Gasteiger partial charge in [-0.3, -0.25) is 19.3 Å². The lowest BCUT2D eigenvalue weighted by molar-refractivity contribution is -0.141. The van der Waals surface area contributed by atoms with Crippen molar-refractivity contribution in [1.82, 2.24) is 9.80 Å². The van der Waals surface area contributed by atoms with Gasteiger partial charge in [-0.2, -0.15) is 0 Å². The fourth-order valence-corrected chi connectivity index (χ4v) is 5.12. The van der Waals surface area contributed by atoms with Crippen LogP contribution in [0.1, 0.15) is 24.0 Å². The van der Waals surface area contributed by atoms with E-state index in [4.69, 9.17) is 4.74 Å². The molecule has 2 heterocycles. The Balaban J connectivity index is 1.36.